The second kappa shape index (κ2) is 3.40. The van der Waals surface area contributed by atoms with E-state index in [2.05, 4.69) is 41.6 Å². The summed E-state index contributed by atoms with van der Waals surface area (Å²) >= 11 is 2.34. The quantitative estimate of drug-likeness (QED) is 0.725. The van der Waals surface area contributed by atoms with Gasteiger partial charge in [-0.15, -0.1) is 0 Å². The number of carbonyl (C=O) groups is 1. The molecule has 0 saturated heterocycles. The highest BCUT2D eigenvalue weighted by molar-refractivity contribution is 14.1. The van der Waals surface area contributed by atoms with Crippen molar-refractivity contribution >= 4 is 28.4 Å². The zero-order chi connectivity index (χ0) is 9.42. The molecule has 0 radical (unpaired) electrons. The standard InChI is InChI=1S/C11H11IO/c1-7-3-2-4-9(11(7)12)8-5-6-10(8)13/h2-4,8H,5-6H2,1H3. The summed E-state index contributed by atoms with van der Waals surface area (Å²) in [5.41, 5.74) is 2.51. The predicted octanol–water partition coefficient (Wildman–Crippen LogP) is 3.05. The van der Waals surface area contributed by atoms with Crippen molar-refractivity contribution in [2.75, 3.05) is 0 Å². The van der Waals surface area contributed by atoms with Gasteiger partial charge in [-0.1, -0.05) is 18.2 Å². The Morgan fingerprint density at radius 1 is 1.46 bits per heavy atom. The third-order valence-electron chi connectivity index (χ3n) is 2.67. The van der Waals surface area contributed by atoms with Crippen LogP contribution in [0.3, 0.4) is 0 Å². The van der Waals surface area contributed by atoms with Gasteiger partial charge in [-0.3, -0.25) is 4.79 Å². The van der Waals surface area contributed by atoms with Gasteiger partial charge in [-0.25, -0.2) is 0 Å². The Labute approximate surface area is 91.7 Å². The molecule has 2 heteroatoms. The van der Waals surface area contributed by atoms with Gasteiger partial charge in [0.05, 0.1) is 0 Å². The minimum Gasteiger partial charge on any atom is -0.299 e. The van der Waals surface area contributed by atoms with E-state index in [9.17, 15) is 4.79 Å². The van der Waals surface area contributed by atoms with E-state index in [0.29, 0.717) is 5.78 Å². The summed E-state index contributed by atoms with van der Waals surface area (Å²) in [6.45, 7) is 2.09. The fourth-order valence-electron chi connectivity index (χ4n) is 1.67. The number of hydrogen-bond donors (Lipinski definition) is 0. The predicted molar refractivity (Wildman–Crippen MR) is 60.9 cm³/mol. The van der Waals surface area contributed by atoms with E-state index in [0.717, 1.165) is 12.8 Å². The van der Waals surface area contributed by atoms with Gasteiger partial charge >= 0.3 is 0 Å². The molecule has 0 aromatic heterocycles. The zero-order valence-electron chi connectivity index (χ0n) is 7.51. The molecule has 1 aromatic rings. The molecule has 68 valence electrons. The normalized spacial score (nSPS) is 21.4. The highest BCUT2D eigenvalue weighted by atomic mass is 127. The minimum atomic E-state index is 0.201. The van der Waals surface area contributed by atoms with E-state index >= 15 is 0 Å². The van der Waals surface area contributed by atoms with Gasteiger partial charge in [-0.2, -0.15) is 0 Å². The largest absolute Gasteiger partial charge is 0.299 e. The highest BCUT2D eigenvalue weighted by Gasteiger charge is 2.30. The van der Waals surface area contributed by atoms with Crippen molar-refractivity contribution in [2.45, 2.75) is 25.7 Å². The molecule has 1 saturated carbocycles. The summed E-state index contributed by atoms with van der Waals surface area (Å²) in [7, 11) is 0. The summed E-state index contributed by atoms with van der Waals surface area (Å²) in [6.07, 6.45) is 1.81. The molecule has 1 fully saturated rings. The first-order valence-electron chi connectivity index (χ1n) is 4.48. The van der Waals surface area contributed by atoms with E-state index in [4.69, 9.17) is 0 Å². The summed E-state index contributed by atoms with van der Waals surface area (Å²) < 4.78 is 1.26. The topological polar surface area (TPSA) is 17.1 Å². The highest BCUT2D eigenvalue weighted by Crippen LogP contribution is 2.36. The average molecular weight is 286 g/mol. The molecule has 1 aliphatic carbocycles. The molecule has 1 nitrogen and oxygen atoms in total. The lowest BCUT2D eigenvalue weighted by atomic mass is 9.78. The number of ketones is 1. The third kappa shape index (κ3) is 1.52. The Morgan fingerprint density at radius 3 is 2.77 bits per heavy atom. The van der Waals surface area contributed by atoms with Gasteiger partial charge in [0.2, 0.25) is 0 Å². The van der Waals surface area contributed by atoms with Crippen molar-refractivity contribution < 1.29 is 4.79 Å². The average Bonchev–Trinajstić information content (AvgIpc) is 2.10. The molecule has 2 rings (SSSR count). The third-order valence-corrected chi connectivity index (χ3v) is 4.14. The van der Waals surface area contributed by atoms with E-state index < -0.39 is 0 Å². The molecule has 0 aliphatic heterocycles. The Balaban J connectivity index is 2.40. The molecule has 13 heavy (non-hydrogen) atoms. The lowest BCUT2D eigenvalue weighted by Crippen LogP contribution is -2.24. The zero-order valence-corrected chi connectivity index (χ0v) is 9.67. The maximum atomic E-state index is 11.3. The number of Topliss-reactive ketones (excluding diaryl/α,β-unsaturated/α-hetero) is 1. The Bertz CT molecular complexity index is 357. The van der Waals surface area contributed by atoms with Crippen molar-refractivity contribution in [3.05, 3.63) is 32.9 Å². The number of rotatable bonds is 1. The fourth-order valence-corrected chi connectivity index (χ4v) is 2.41. The van der Waals surface area contributed by atoms with Crippen LogP contribution in [0.5, 0.6) is 0 Å². The molecule has 0 spiro atoms. The first-order valence-corrected chi connectivity index (χ1v) is 5.56. The minimum absolute atomic E-state index is 0.201. The number of halogens is 1. The van der Waals surface area contributed by atoms with Crippen molar-refractivity contribution in [1.29, 1.82) is 0 Å². The van der Waals surface area contributed by atoms with Crippen LogP contribution >= 0.6 is 22.6 Å². The lowest BCUT2D eigenvalue weighted by molar-refractivity contribution is -0.125. The molecule has 0 N–H and O–H groups in total. The van der Waals surface area contributed by atoms with Gasteiger partial charge < -0.3 is 0 Å². The molecular weight excluding hydrogens is 275 g/mol. The fraction of sp³-hybridized carbons (Fsp3) is 0.364. The van der Waals surface area contributed by atoms with Gasteiger partial charge in [0.1, 0.15) is 5.78 Å². The SMILES string of the molecule is Cc1cccc(C2CCC2=O)c1I. The maximum Gasteiger partial charge on any atom is 0.140 e. The molecule has 0 amide bonds. The number of hydrogen-bond acceptors (Lipinski definition) is 1. The molecule has 1 aromatic carbocycles. The van der Waals surface area contributed by atoms with Crippen LogP contribution in [0.4, 0.5) is 0 Å². The summed E-state index contributed by atoms with van der Waals surface area (Å²) in [4.78, 5) is 11.3. The smallest absolute Gasteiger partial charge is 0.140 e. The van der Waals surface area contributed by atoms with Gasteiger partial charge in [0.15, 0.2) is 0 Å². The van der Waals surface area contributed by atoms with Crippen LogP contribution in [-0.2, 0) is 4.79 Å². The first-order chi connectivity index (χ1) is 6.20. The summed E-state index contributed by atoms with van der Waals surface area (Å²) in [6, 6.07) is 6.21. The van der Waals surface area contributed by atoms with Crippen LogP contribution in [0.1, 0.15) is 29.9 Å². The van der Waals surface area contributed by atoms with Gasteiger partial charge in [-0.05, 0) is 47.1 Å². The lowest BCUT2D eigenvalue weighted by Gasteiger charge is -2.25. The number of benzene rings is 1. The van der Waals surface area contributed by atoms with Crippen LogP contribution < -0.4 is 0 Å². The molecule has 1 aliphatic rings. The van der Waals surface area contributed by atoms with E-state index in [1.165, 1.54) is 14.7 Å². The second-order valence-electron chi connectivity index (χ2n) is 3.54. The molecule has 0 heterocycles. The van der Waals surface area contributed by atoms with E-state index in [-0.39, 0.29) is 5.92 Å². The van der Waals surface area contributed by atoms with Crippen molar-refractivity contribution in [3.8, 4) is 0 Å². The Morgan fingerprint density at radius 2 is 2.23 bits per heavy atom. The van der Waals surface area contributed by atoms with E-state index in [1.54, 1.807) is 0 Å². The Hall–Kier alpha value is -0.380. The van der Waals surface area contributed by atoms with Crippen molar-refractivity contribution in [3.63, 3.8) is 0 Å². The van der Waals surface area contributed by atoms with Gasteiger partial charge in [0.25, 0.3) is 0 Å². The first kappa shape index (κ1) is 9.19. The van der Waals surface area contributed by atoms with Crippen LogP contribution in [0, 0.1) is 10.5 Å². The van der Waals surface area contributed by atoms with Crippen LogP contribution in [-0.4, -0.2) is 5.78 Å². The van der Waals surface area contributed by atoms with Crippen molar-refractivity contribution in [1.82, 2.24) is 0 Å². The number of aryl methyl sites for hydroxylation is 1. The molecule has 1 unspecified atom stereocenters. The van der Waals surface area contributed by atoms with Crippen LogP contribution in [0.25, 0.3) is 0 Å². The van der Waals surface area contributed by atoms with Crippen LogP contribution in [0.15, 0.2) is 18.2 Å². The number of carbonyl (C=O) groups excluding carboxylic acids is 1. The molecule has 1 atom stereocenters. The van der Waals surface area contributed by atoms with Crippen molar-refractivity contribution in [2.24, 2.45) is 0 Å². The monoisotopic (exact) mass is 286 g/mol. The van der Waals surface area contributed by atoms with Crippen LogP contribution in [0.2, 0.25) is 0 Å². The maximum absolute atomic E-state index is 11.3. The van der Waals surface area contributed by atoms with Gasteiger partial charge in [0, 0.05) is 15.9 Å². The molecule has 0 bridgehead atoms. The molecular formula is C11H11IO. The summed E-state index contributed by atoms with van der Waals surface area (Å²) in [5.74, 6) is 0.607. The van der Waals surface area contributed by atoms with E-state index in [1.807, 2.05) is 6.07 Å². The second-order valence-corrected chi connectivity index (χ2v) is 4.61. The Kier molecular flexibility index (Phi) is 2.41. The summed E-state index contributed by atoms with van der Waals surface area (Å²) in [5, 5.41) is 0.